The molecule has 1 atom stereocenters. The van der Waals surface area contributed by atoms with Crippen molar-refractivity contribution < 1.29 is 4.74 Å². The van der Waals surface area contributed by atoms with Crippen LogP contribution in [0.2, 0.25) is 5.02 Å². The Labute approximate surface area is 101 Å². The smallest absolute Gasteiger partial charge is 0.0886 e. The van der Waals surface area contributed by atoms with Crippen LogP contribution in [0.5, 0.6) is 0 Å². The zero-order valence-electron chi connectivity index (χ0n) is 9.37. The van der Waals surface area contributed by atoms with E-state index >= 15 is 0 Å². The summed E-state index contributed by atoms with van der Waals surface area (Å²) in [6, 6.07) is 7.71. The maximum atomic E-state index is 6.19. The molecule has 1 unspecified atom stereocenters. The molecule has 1 aromatic carbocycles. The standard InChI is InChI=1S/C12H17ClN2O/c1-16-12(7-4-8-12)11(15-14)9-5-2-3-6-10(9)13/h2-3,5-6,11,15H,4,7-8,14H2,1H3. The van der Waals surface area contributed by atoms with Crippen LogP contribution in [0.25, 0.3) is 0 Å². The van der Waals surface area contributed by atoms with Crippen molar-refractivity contribution in [2.24, 2.45) is 5.84 Å². The minimum Gasteiger partial charge on any atom is -0.376 e. The molecular weight excluding hydrogens is 224 g/mol. The summed E-state index contributed by atoms with van der Waals surface area (Å²) in [4.78, 5) is 0. The number of ether oxygens (including phenoxy) is 1. The number of nitrogens with one attached hydrogen (secondary N) is 1. The van der Waals surface area contributed by atoms with Crippen molar-refractivity contribution in [1.29, 1.82) is 0 Å². The number of nitrogens with two attached hydrogens (primary N) is 1. The van der Waals surface area contributed by atoms with E-state index in [0.717, 1.165) is 23.4 Å². The Morgan fingerprint density at radius 3 is 2.56 bits per heavy atom. The van der Waals surface area contributed by atoms with E-state index in [1.165, 1.54) is 6.42 Å². The van der Waals surface area contributed by atoms with Gasteiger partial charge >= 0.3 is 0 Å². The summed E-state index contributed by atoms with van der Waals surface area (Å²) >= 11 is 6.19. The third-order valence-electron chi connectivity index (χ3n) is 3.52. The van der Waals surface area contributed by atoms with E-state index < -0.39 is 0 Å². The van der Waals surface area contributed by atoms with Gasteiger partial charge in [0.15, 0.2) is 0 Å². The first kappa shape index (κ1) is 11.9. The molecule has 0 aliphatic heterocycles. The largest absolute Gasteiger partial charge is 0.376 e. The molecule has 4 heteroatoms. The monoisotopic (exact) mass is 240 g/mol. The Balaban J connectivity index is 2.32. The van der Waals surface area contributed by atoms with Gasteiger partial charge in [-0.2, -0.15) is 0 Å². The van der Waals surface area contributed by atoms with Gasteiger partial charge in [0, 0.05) is 12.1 Å². The van der Waals surface area contributed by atoms with Crippen molar-refractivity contribution in [2.45, 2.75) is 30.9 Å². The number of methoxy groups -OCH3 is 1. The second kappa shape index (κ2) is 4.72. The van der Waals surface area contributed by atoms with Gasteiger partial charge in [0.1, 0.15) is 0 Å². The van der Waals surface area contributed by atoms with Gasteiger partial charge in [0.25, 0.3) is 0 Å². The van der Waals surface area contributed by atoms with Gasteiger partial charge in [-0.25, -0.2) is 0 Å². The van der Waals surface area contributed by atoms with Gasteiger partial charge in [-0.1, -0.05) is 29.8 Å². The Morgan fingerprint density at radius 2 is 2.12 bits per heavy atom. The Kier molecular flexibility index (Phi) is 3.50. The lowest BCUT2D eigenvalue weighted by Gasteiger charge is -2.46. The van der Waals surface area contributed by atoms with Crippen molar-refractivity contribution in [3.8, 4) is 0 Å². The maximum absolute atomic E-state index is 6.19. The lowest BCUT2D eigenvalue weighted by molar-refractivity contribution is -0.0998. The first-order chi connectivity index (χ1) is 7.73. The van der Waals surface area contributed by atoms with Crippen LogP contribution in [0.3, 0.4) is 0 Å². The molecule has 0 aromatic heterocycles. The summed E-state index contributed by atoms with van der Waals surface area (Å²) in [5.41, 5.74) is 3.66. The first-order valence-corrected chi connectivity index (χ1v) is 5.87. The van der Waals surface area contributed by atoms with Crippen molar-refractivity contribution in [2.75, 3.05) is 7.11 Å². The normalized spacial score (nSPS) is 20.2. The third-order valence-corrected chi connectivity index (χ3v) is 3.86. The van der Waals surface area contributed by atoms with Gasteiger partial charge in [0.2, 0.25) is 0 Å². The molecule has 3 N–H and O–H groups in total. The van der Waals surface area contributed by atoms with Gasteiger partial charge in [-0.05, 0) is 30.9 Å². The summed E-state index contributed by atoms with van der Waals surface area (Å²) in [6.07, 6.45) is 3.21. The molecule has 0 radical (unpaired) electrons. The highest BCUT2D eigenvalue weighted by Crippen LogP contribution is 2.45. The minimum absolute atomic E-state index is 0.0417. The number of hydrazine groups is 1. The molecule has 1 aliphatic rings. The molecular formula is C12H17ClN2O. The van der Waals surface area contributed by atoms with Crippen molar-refractivity contribution in [3.63, 3.8) is 0 Å². The van der Waals surface area contributed by atoms with Gasteiger partial charge in [-0.3, -0.25) is 11.3 Å². The summed E-state index contributed by atoms with van der Waals surface area (Å²) in [5, 5.41) is 0.730. The van der Waals surface area contributed by atoms with Gasteiger partial charge in [-0.15, -0.1) is 0 Å². The lowest BCUT2D eigenvalue weighted by Crippen LogP contribution is -2.52. The maximum Gasteiger partial charge on any atom is 0.0886 e. The molecule has 0 spiro atoms. The van der Waals surface area contributed by atoms with Gasteiger partial charge < -0.3 is 4.74 Å². The lowest BCUT2D eigenvalue weighted by atomic mass is 9.72. The Bertz CT molecular complexity index is 360. The first-order valence-electron chi connectivity index (χ1n) is 5.49. The fourth-order valence-corrected chi connectivity index (χ4v) is 2.61. The van der Waals surface area contributed by atoms with Gasteiger partial charge in [0.05, 0.1) is 11.6 Å². The van der Waals surface area contributed by atoms with Crippen molar-refractivity contribution in [1.82, 2.24) is 5.43 Å². The van der Waals surface area contributed by atoms with E-state index in [0.29, 0.717) is 0 Å². The zero-order valence-corrected chi connectivity index (χ0v) is 10.1. The van der Waals surface area contributed by atoms with Crippen LogP contribution in [-0.2, 0) is 4.74 Å². The van der Waals surface area contributed by atoms with Crippen LogP contribution in [0, 0.1) is 0 Å². The molecule has 0 bridgehead atoms. The highest BCUT2D eigenvalue weighted by molar-refractivity contribution is 6.31. The molecule has 1 aliphatic carbocycles. The molecule has 0 amide bonds. The van der Waals surface area contributed by atoms with Crippen molar-refractivity contribution >= 4 is 11.6 Å². The molecule has 1 aromatic rings. The van der Waals surface area contributed by atoms with Crippen LogP contribution in [0.1, 0.15) is 30.9 Å². The number of halogens is 1. The van der Waals surface area contributed by atoms with E-state index in [1.54, 1.807) is 7.11 Å². The molecule has 88 valence electrons. The second-order valence-electron chi connectivity index (χ2n) is 4.24. The molecule has 1 fully saturated rings. The third kappa shape index (κ3) is 1.84. The SMILES string of the molecule is COC1(C(NN)c2ccccc2Cl)CCC1. The number of hydrogen-bond acceptors (Lipinski definition) is 3. The molecule has 2 rings (SSSR count). The highest BCUT2D eigenvalue weighted by atomic mass is 35.5. The average molecular weight is 241 g/mol. The van der Waals surface area contributed by atoms with E-state index in [9.17, 15) is 0 Å². The summed E-state index contributed by atoms with van der Waals surface area (Å²) in [6.45, 7) is 0. The summed E-state index contributed by atoms with van der Waals surface area (Å²) in [5.74, 6) is 5.66. The molecule has 0 saturated heterocycles. The van der Waals surface area contributed by atoms with Crippen LogP contribution in [0.4, 0.5) is 0 Å². The van der Waals surface area contributed by atoms with E-state index in [1.807, 2.05) is 24.3 Å². The van der Waals surface area contributed by atoms with Crippen LogP contribution in [0.15, 0.2) is 24.3 Å². The fourth-order valence-electron chi connectivity index (χ4n) is 2.37. The molecule has 16 heavy (non-hydrogen) atoms. The predicted molar refractivity (Wildman–Crippen MR) is 65.1 cm³/mol. The number of hydrogen-bond donors (Lipinski definition) is 2. The summed E-state index contributed by atoms with van der Waals surface area (Å²) in [7, 11) is 1.74. The molecule has 1 saturated carbocycles. The highest BCUT2D eigenvalue weighted by Gasteiger charge is 2.45. The topological polar surface area (TPSA) is 47.3 Å². The minimum atomic E-state index is -0.195. The van der Waals surface area contributed by atoms with E-state index in [2.05, 4.69) is 5.43 Å². The van der Waals surface area contributed by atoms with Crippen LogP contribution >= 0.6 is 11.6 Å². The Morgan fingerprint density at radius 1 is 1.44 bits per heavy atom. The van der Waals surface area contributed by atoms with Crippen molar-refractivity contribution in [3.05, 3.63) is 34.9 Å². The molecule has 3 nitrogen and oxygen atoms in total. The summed E-state index contributed by atoms with van der Waals surface area (Å²) < 4.78 is 5.64. The quantitative estimate of drug-likeness (QED) is 0.628. The van der Waals surface area contributed by atoms with Crippen LogP contribution in [-0.4, -0.2) is 12.7 Å². The van der Waals surface area contributed by atoms with E-state index in [-0.39, 0.29) is 11.6 Å². The second-order valence-corrected chi connectivity index (χ2v) is 4.65. The zero-order chi connectivity index (χ0) is 11.6. The average Bonchev–Trinajstić information content (AvgIpc) is 2.25. The predicted octanol–water partition coefficient (Wildman–Crippen LogP) is 2.41. The van der Waals surface area contributed by atoms with E-state index in [4.69, 9.17) is 22.2 Å². The fraction of sp³-hybridized carbons (Fsp3) is 0.500. The number of benzene rings is 1. The van der Waals surface area contributed by atoms with Crippen LogP contribution < -0.4 is 11.3 Å². The molecule has 0 heterocycles. The Hall–Kier alpha value is -0.610. The number of rotatable bonds is 4.